The van der Waals surface area contributed by atoms with Crippen LogP contribution >= 0.6 is 11.3 Å². The molecule has 1 rings (SSSR count). The van der Waals surface area contributed by atoms with E-state index in [1.807, 2.05) is 27.7 Å². The third-order valence-electron chi connectivity index (χ3n) is 3.28. The van der Waals surface area contributed by atoms with Crippen LogP contribution < -0.4 is 0 Å². The molecule has 21 heavy (non-hydrogen) atoms. The maximum absolute atomic E-state index is 12.8. The molecular weight excluding hydrogens is 310 g/mol. The number of sulfonamides is 1. The van der Waals surface area contributed by atoms with Gasteiger partial charge in [-0.25, -0.2) is 13.2 Å². The van der Waals surface area contributed by atoms with E-state index in [0.29, 0.717) is 6.54 Å². The summed E-state index contributed by atoms with van der Waals surface area (Å²) in [5.41, 5.74) is 0.0209. The molecule has 5 nitrogen and oxygen atoms in total. The SMILES string of the molecule is CCC(CC)N(CC(C)C)S(=O)(=O)c1cc(C(=O)O)cs1. The molecule has 120 valence electrons. The van der Waals surface area contributed by atoms with E-state index in [2.05, 4.69) is 0 Å². The molecular formula is C14H23NO4S2. The number of nitrogens with zero attached hydrogens (tertiary/aromatic N) is 1. The van der Waals surface area contributed by atoms with Crippen molar-refractivity contribution in [3.05, 3.63) is 17.0 Å². The van der Waals surface area contributed by atoms with Gasteiger partial charge in [0.2, 0.25) is 0 Å². The van der Waals surface area contributed by atoms with Crippen LogP contribution in [0.1, 0.15) is 50.9 Å². The molecule has 0 radical (unpaired) electrons. The van der Waals surface area contributed by atoms with Crippen LogP contribution in [0, 0.1) is 5.92 Å². The van der Waals surface area contributed by atoms with Gasteiger partial charge in [0.25, 0.3) is 10.0 Å². The van der Waals surface area contributed by atoms with Gasteiger partial charge in [-0.2, -0.15) is 4.31 Å². The van der Waals surface area contributed by atoms with E-state index in [1.165, 1.54) is 15.8 Å². The van der Waals surface area contributed by atoms with E-state index in [1.54, 1.807) is 0 Å². The first-order valence-electron chi connectivity index (χ1n) is 7.07. The summed E-state index contributed by atoms with van der Waals surface area (Å²) < 4.78 is 27.2. The monoisotopic (exact) mass is 333 g/mol. The molecule has 1 heterocycles. The van der Waals surface area contributed by atoms with E-state index in [-0.39, 0.29) is 21.7 Å². The Kier molecular flexibility index (Phi) is 6.37. The average Bonchev–Trinajstić information content (AvgIpc) is 2.89. The minimum Gasteiger partial charge on any atom is -0.478 e. The van der Waals surface area contributed by atoms with Gasteiger partial charge in [-0.15, -0.1) is 11.3 Å². The molecule has 0 saturated heterocycles. The van der Waals surface area contributed by atoms with Gasteiger partial charge in [0, 0.05) is 18.0 Å². The zero-order valence-corrected chi connectivity index (χ0v) is 14.5. The van der Waals surface area contributed by atoms with Crippen LogP contribution in [-0.4, -0.2) is 36.4 Å². The lowest BCUT2D eigenvalue weighted by Crippen LogP contribution is -2.41. The van der Waals surface area contributed by atoms with Gasteiger partial charge < -0.3 is 5.11 Å². The Morgan fingerprint density at radius 2 is 1.90 bits per heavy atom. The van der Waals surface area contributed by atoms with Crippen molar-refractivity contribution < 1.29 is 18.3 Å². The summed E-state index contributed by atoms with van der Waals surface area (Å²) >= 11 is 0.968. The Morgan fingerprint density at radius 3 is 2.29 bits per heavy atom. The molecule has 0 spiro atoms. The molecule has 0 aliphatic rings. The molecule has 0 unspecified atom stereocenters. The second-order valence-corrected chi connectivity index (χ2v) is 8.43. The summed E-state index contributed by atoms with van der Waals surface area (Å²) in [5, 5.41) is 10.3. The lowest BCUT2D eigenvalue weighted by molar-refractivity contribution is 0.0697. The smallest absolute Gasteiger partial charge is 0.336 e. The van der Waals surface area contributed by atoms with Crippen molar-refractivity contribution in [1.82, 2.24) is 4.31 Å². The van der Waals surface area contributed by atoms with Crippen molar-refractivity contribution in [3.8, 4) is 0 Å². The molecule has 0 atom stereocenters. The molecule has 0 aliphatic carbocycles. The molecule has 0 aromatic carbocycles. The zero-order chi connectivity index (χ0) is 16.2. The molecule has 0 amide bonds. The number of carboxylic acids is 1. The van der Waals surface area contributed by atoms with Crippen LogP contribution in [0.15, 0.2) is 15.7 Å². The molecule has 0 aliphatic heterocycles. The summed E-state index contributed by atoms with van der Waals surface area (Å²) in [6.07, 6.45) is 1.47. The van der Waals surface area contributed by atoms with Crippen LogP contribution in [0.4, 0.5) is 0 Å². The quantitative estimate of drug-likeness (QED) is 0.792. The minimum absolute atomic E-state index is 0.0209. The Morgan fingerprint density at radius 1 is 1.33 bits per heavy atom. The van der Waals surface area contributed by atoms with E-state index >= 15 is 0 Å². The summed E-state index contributed by atoms with van der Waals surface area (Å²) in [4.78, 5) is 10.9. The van der Waals surface area contributed by atoms with Gasteiger partial charge in [-0.1, -0.05) is 27.7 Å². The number of hydrogen-bond acceptors (Lipinski definition) is 4. The van der Waals surface area contributed by atoms with E-state index in [0.717, 1.165) is 24.2 Å². The van der Waals surface area contributed by atoms with Gasteiger partial charge in [-0.3, -0.25) is 0 Å². The van der Waals surface area contributed by atoms with Crippen molar-refractivity contribution in [2.24, 2.45) is 5.92 Å². The minimum atomic E-state index is -3.64. The molecule has 0 saturated carbocycles. The van der Waals surface area contributed by atoms with E-state index in [4.69, 9.17) is 5.11 Å². The Balaban J connectivity index is 3.21. The van der Waals surface area contributed by atoms with Crippen LogP contribution in [0.5, 0.6) is 0 Å². The van der Waals surface area contributed by atoms with Crippen LogP contribution in [0.3, 0.4) is 0 Å². The number of aromatic carboxylic acids is 1. The first kappa shape index (κ1) is 18.1. The fourth-order valence-electron chi connectivity index (χ4n) is 2.18. The van der Waals surface area contributed by atoms with Gasteiger partial charge in [0.15, 0.2) is 0 Å². The van der Waals surface area contributed by atoms with Crippen LogP contribution in [-0.2, 0) is 10.0 Å². The third kappa shape index (κ3) is 4.28. The molecule has 1 N–H and O–H groups in total. The zero-order valence-electron chi connectivity index (χ0n) is 12.9. The maximum atomic E-state index is 12.8. The second kappa shape index (κ2) is 7.38. The number of carboxylic acid groups (broad SMARTS) is 1. The van der Waals surface area contributed by atoms with Gasteiger partial charge in [-0.05, 0) is 24.8 Å². The van der Waals surface area contributed by atoms with Crippen LogP contribution in [0.2, 0.25) is 0 Å². The first-order chi connectivity index (χ1) is 9.73. The summed E-state index contributed by atoms with van der Waals surface area (Å²) in [7, 11) is -3.64. The van der Waals surface area contributed by atoms with Crippen LogP contribution in [0.25, 0.3) is 0 Å². The topological polar surface area (TPSA) is 74.7 Å². The highest BCUT2D eigenvalue weighted by molar-refractivity contribution is 7.91. The van der Waals surface area contributed by atoms with Crippen molar-refractivity contribution >= 4 is 27.3 Å². The second-order valence-electron chi connectivity index (χ2n) is 5.40. The first-order valence-corrected chi connectivity index (χ1v) is 9.39. The summed E-state index contributed by atoms with van der Waals surface area (Å²) in [6, 6.07) is 1.19. The number of thiophene rings is 1. The number of hydrogen-bond donors (Lipinski definition) is 1. The number of rotatable bonds is 8. The Bertz CT molecular complexity index is 574. The Hall–Kier alpha value is -0.920. The number of carbonyl (C=O) groups is 1. The maximum Gasteiger partial charge on any atom is 0.336 e. The standard InChI is InChI=1S/C14H23NO4S2/c1-5-12(6-2)15(8-10(3)4)21(18,19)13-7-11(9-20-13)14(16)17/h7,9-10,12H,5-6,8H2,1-4H3,(H,16,17). The predicted molar refractivity (Wildman–Crippen MR) is 84.4 cm³/mol. The highest BCUT2D eigenvalue weighted by Gasteiger charge is 2.31. The van der Waals surface area contributed by atoms with Gasteiger partial charge >= 0.3 is 5.97 Å². The molecule has 0 fully saturated rings. The lowest BCUT2D eigenvalue weighted by Gasteiger charge is -2.30. The fraction of sp³-hybridized carbons (Fsp3) is 0.643. The van der Waals surface area contributed by atoms with Gasteiger partial charge in [0.1, 0.15) is 4.21 Å². The van der Waals surface area contributed by atoms with Crippen molar-refractivity contribution in [2.45, 2.75) is 50.8 Å². The van der Waals surface area contributed by atoms with Crippen molar-refractivity contribution in [2.75, 3.05) is 6.54 Å². The predicted octanol–water partition coefficient (Wildman–Crippen LogP) is 3.28. The molecule has 7 heteroatoms. The van der Waals surface area contributed by atoms with Crippen molar-refractivity contribution in [1.29, 1.82) is 0 Å². The molecule has 0 bridgehead atoms. The molecule has 1 aromatic heterocycles. The van der Waals surface area contributed by atoms with E-state index in [9.17, 15) is 13.2 Å². The van der Waals surface area contributed by atoms with Crippen molar-refractivity contribution in [3.63, 3.8) is 0 Å². The summed E-state index contributed by atoms with van der Waals surface area (Å²) in [6.45, 7) is 8.32. The highest BCUT2D eigenvalue weighted by Crippen LogP contribution is 2.27. The lowest BCUT2D eigenvalue weighted by atomic mass is 10.1. The van der Waals surface area contributed by atoms with Gasteiger partial charge in [0.05, 0.1) is 5.56 Å². The fourth-order valence-corrected chi connectivity index (χ4v) is 5.40. The van der Waals surface area contributed by atoms with E-state index < -0.39 is 16.0 Å². The highest BCUT2D eigenvalue weighted by atomic mass is 32.2. The largest absolute Gasteiger partial charge is 0.478 e. The average molecular weight is 333 g/mol. The third-order valence-corrected chi connectivity index (χ3v) is 6.61. The normalized spacial score (nSPS) is 12.5. The molecule has 1 aromatic rings. The Labute approximate surface area is 130 Å². The summed E-state index contributed by atoms with van der Waals surface area (Å²) in [5.74, 6) is -0.898.